The molecular formula is C35H46N8O5. The van der Waals surface area contributed by atoms with E-state index >= 15 is 0 Å². The predicted octanol–water partition coefficient (Wildman–Crippen LogP) is 1.70. The van der Waals surface area contributed by atoms with Crippen molar-refractivity contribution in [2.24, 2.45) is 11.8 Å². The minimum absolute atomic E-state index is 0.0812. The number of anilines is 3. The van der Waals surface area contributed by atoms with Gasteiger partial charge in [0.15, 0.2) is 0 Å². The highest BCUT2D eigenvalue weighted by atomic mass is 16.2. The van der Waals surface area contributed by atoms with Gasteiger partial charge < -0.3 is 30.1 Å². The molecule has 4 aliphatic rings. The van der Waals surface area contributed by atoms with Gasteiger partial charge in [-0.1, -0.05) is 0 Å². The number of hydrogen-bond donors (Lipinski definition) is 2. The third kappa shape index (κ3) is 7.07. The average molecular weight is 659 g/mol. The van der Waals surface area contributed by atoms with Gasteiger partial charge in [0.1, 0.15) is 18.1 Å². The van der Waals surface area contributed by atoms with Crippen LogP contribution >= 0.6 is 0 Å². The number of amides is 4. The number of carbonyl (C=O) groups is 5. The zero-order valence-electron chi connectivity index (χ0n) is 27.8. The molecule has 2 atom stereocenters. The molecule has 4 aliphatic heterocycles. The highest BCUT2D eigenvalue weighted by Crippen LogP contribution is 2.33. The molecule has 6 rings (SSSR count). The normalized spacial score (nSPS) is 21.5. The van der Waals surface area contributed by atoms with Gasteiger partial charge in [-0.3, -0.25) is 29.0 Å². The number of aldehydes is 1. The summed E-state index contributed by atoms with van der Waals surface area (Å²) in [6.07, 6.45) is 5.67. The summed E-state index contributed by atoms with van der Waals surface area (Å²) < 4.78 is 0. The van der Waals surface area contributed by atoms with Gasteiger partial charge in [-0.2, -0.15) is 0 Å². The molecule has 48 heavy (non-hydrogen) atoms. The number of nitrogens with one attached hydrogen (secondary N) is 2. The second-order valence-corrected chi connectivity index (χ2v) is 13.6. The Morgan fingerprint density at radius 1 is 0.917 bits per heavy atom. The van der Waals surface area contributed by atoms with Crippen LogP contribution < -0.4 is 20.4 Å². The first-order valence-electron chi connectivity index (χ1n) is 17.1. The number of aromatic nitrogens is 1. The molecular weight excluding hydrogens is 612 g/mol. The Balaban J connectivity index is 0.945. The van der Waals surface area contributed by atoms with Crippen LogP contribution in [0.15, 0.2) is 36.5 Å². The van der Waals surface area contributed by atoms with Crippen molar-refractivity contribution in [1.29, 1.82) is 0 Å². The summed E-state index contributed by atoms with van der Waals surface area (Å²) in [5.41, 5.74) is 2.63. The van der Waals surface area contributed by atoms with E-state index in [1.807, 2.05) is 24.4 Å². The fourth-order valence-electron chi connectivity index (χ4n) is 7.69. The molecule has 0 radical (unpaired) electrons. The number of pyridine rings is 1. The summed E-state index contributed by atoms with van der Waals surface area (Å²) in [4.78, 5) is 75.7. The number of piperazine rings is 1. The van der Waals surface area contributed by atoms with E-state index in [1.165, 1.54) is 7.05 Å². The van der Waals surface area contributed by atoms with E-state index in [0.717, 1.165) is 88.0 Å². The van der Waals surface area contributed by atoms with Gasteiger partial charge in [0.25, 0.3) is 11.8 Å². The zero-order chi connectivity index (χ0) is 33.8. The number of nitrogens with zero attached hydrogens (tertiary/aromatic N) is 6. The highest BCUT2D eigenvalue weighted by Gasteiger charge is 2.43. The fraction of sp³-hybridized carbons (Fsp3) is 0.543. The molecule has 1 aromatic heterocycles. The van der Waals surface area contributed by atoms with Crippen LogP contribution in [0.3, 0.4) is 0 Å². The first-order chi connectivity index (χ1) is 23.3. The van der Waals surface area contributed by atoms with Crippen LogP contribution in [0, 0.1) is 11.8 Å². The van der Waals surface area contributed by atoms with Crippen molar-refractivity contribution < 1.29 is 24.0 Å². The summed E-state index contributed by atoms with van der Waals surface area (Å²) in [6, 6.07) is 8.70. The molecule has 0 saturated carbocycles. The van der Waals surface area contributed by atoms with Crippen molar-refractivity contribution in [2.75, 3.05) is 81.1 Å². The molecule has 4 amide bonds. The van der Waals surface area contributed by atoms with Crippen molar-refractivity contribution in [1.82, 2.24) is 25.0 Å². The first kappa shape index (κ1) is 33.5. The Morgan fingerprint density at radius 2 is 1.67 bits per heavy atom. The Kier molecular flexibility index (Phi) is 10.4. The standard InChI is InChI=1S/C35H46N8O5/c1-24-18-39(13-14-41(24)20-25-9-11-40(12-10-25)28-6-8-32(37-17-28)38-23-45)19-26-21-42(22-26)27-5-7-29-30(16-27)35(48)43(34(29)47)31(4-3-15-44)33(46)36-2/h5-8,15-17,23-26,31H,3-4,9-14,18-22H2,1-2H3,(H,36,46)(H,37,38,45). The summed E-state index contributed by atoms with van der Waals surface area (Å²) in [5, 5.41) is 5.10. The van der Waals surface area contributed by atoms with Gasteiger partial charge in [-0.05, 0) is 62.4 Å². The molecule has 0 bridgehead atoms. The molecule has 0 aliphatic carbocycles. The molecule has 1 aromatic carbocycles. The van der Waals surface area contributed by atoms with Crippen LogP contribution in [0.2, 0.25) is 0 Å². The number of hydrogen-bond acceptors (Lipinski definition) is 10. The van der Waals surface area contributed by atoms with Gasteiger partial charge in [0, 0.05) is 90.0 Å². The van der Waals surface area contributed by atoms with Crippen molar-refractivity contribution in [3.8, 4) is 0 Å². The molecule has 3 fully saturated rings. The number of piperidine rings is 1. The third-order valence-electron chi connectivity index (χ3n) is 10.4. The maximum atomic E-state index is 13.3. The van der Waals surface area contributed by atoms with Gasteiger partial charge >= 0.3 is 0 Å². The second-order valence-electron chi connectivity index (χ2n) is 13.6. The highest BCUT2D eigenvalue weighted by molar-refractivity contribution is 6.23. The third-order valence-corrected chi connectivity index (χ3v) is 10.4. The Hall–Kier alpha value is -4.36. The van der Waals surface area contributed by atoms with Crippen molar-refractivity contribution in [2.45, 2.75) is 44.7 Å². The molecule has 2 unspecified atom stereocenters. The summed E-state index contributed by atoms with van der Waals surface area (Å²) in [7, 11) is 1.46. The number of likely N-dealkylation sites (N-methyl/N-ethyl adjacent to an activating group) is 1. The fourth-order valence-corrected chi connectivity index (χ4v) is 7.69. The minimum atomic E-state index is -1.01. The van der Waals surface area contributed by atoms with E-state index in [4.69, 9.17) is 0 Å². The number of fused-ring (bicyclic) bond motifs is 1. The lowest BCUT2D eigenvalue weighted by Crippen LogP contribution is -2.57. The smallest absolute Gasteiger partial charge is 0.262 e. The van der Waals surface area contributed by atoms with Gasteiger partial charge in [-0.25, -0.2) is 4.98 Å². The average Bonchev–Trinajstić information content (AvgIpc) is 3.33. The van der Waals surface area contributed by atoms with E-state index in [2.05, 4.69) is 42.1 Å². The first-order valence-corrected chi connectivity index (χ1v) is 17.1. The topological polar surface area (TPSA) is 138 Å². The molecule has 256 valence electrons. The lowest BCUT2D eigenvalue weighted by atomic mass is 9.94. The van der Waals surface area contributed by atoms with Crippen LogP contribution in [-0.4, -0.2) is 128 Å². The summed E-state index contributed by atoms with van der Waals surface area (Å²) >= 11 is 0. The number of carbonyl (C=O) groups excluding carboxylic acids is 5. The molecule has 5 heterocycles. The van der Waals surface area contributed by atoms with E-state index in [1.54, 1.807) is 12.1 Å². The maximum Gasteiger partial charge on any atom is 0.262 e. The Morgan fingerprint density at radius 3 is 2.33 bits per heavy atom. The number of benzene rings is 1. The van der Waals surface area contributed by atoms with Gasteiger partial charge in [-0.15, -0.1) is 0 Å². The van der Waals surface area contributed by atoms with Crippen LogP contribution in [0.4, 0.5) is 17.2 Å². The van der Waals surface area contributed by atoms with Crippen LogP contribution in [0.1, 0.15) is 53.3 Å². The molecule has 2 N–H and O–H groups in total. The van der Waals surface area contributed by atoms with E-state index < -0.39 is 23.8 Å². The van der Waals surface area contributed by atoms with E-state index in [0.29, 0.717) is 47.5 Å². The molecule has 3 saturated heterocycles. The molecule has 2 aromatic rings. The lowest BCUT2D eigenvalue weighted by Gasteiger charge is -2.47. The van der Waals surface area contributed by atoms with E-state index in [9.17, 15) is 24.0 Å². The molecule has 13 nitrogen and oxygen atoms in total. The molecule has 0 spiro atoms. The summed E-state index contributed by atoms with van der Waals surface area (Å²) in [6.45, 7) is 11.5. The number of rotatable bonds is 13. The van der Waals surface area contributed by atoms with Gasteiger partial charge in [0.05, 0.1) is 23.0 Å². The van der Waals surface area contributed by atoms with Crippen molar-refractivity contribution in [3.05, 3.63) is 47.7 Å². The Labute approximate surface area is 281 Å². The lowest BCUT2D eigenvalue weighted by molar-refractivity contribution is -0.124. The van der Waals surface area contributed by atoms with Crippen molar-refractivity contribution in [3.63, 3.8) is 0 Å². The SMILES string of the molecule is CNC(=O)C(CCC=O)N1C(=O)c2ccc(N3CC(CN4CCN(CC5CCN(c6ccc(NC=O)nc6)CC5)C(C)C4)C3)cc2C1=O. The van der Waals surface area contributed by atoms with Crippen molar-refractivity contribution >= 4 is 47.6 Å². The monoisotopic (exact) mass is 658 g/mol. The Bertz CT molecular complexity index is 1500. The van der Waals surface area contributed by atoms with E-state index in [-0.39, 0.29) is 12.8 Å². The zero-order valence-corrected chi connectivity index (χ0v) is 27.8. The number of imide groups is 1. The minimum Gasteiger partial charge on any atom is -0.371 e. The molecule has 13 heteroatoms. The second kappa shape index (κ2) is 14.8. The maximum absolute atomic E-state index is 13.3. The largest absolute Gasteiger partial charge is 0.371 e. The quantitative estimate of drug-likeness (QED) is 0.242. The van der Waals surface area contributed by atoms with Gasteiger partial charge in [0.2, 0.25) is 12.3 Å². The predicted molar refractivity (Wildman–Crippen MR) is 182 cm³/mol. The summed E-state index contributed by atoms with van der Waals surface area (Å²) in [5.74, 6) is 0.358. The van der Waals surface area contributed by atoms with Crippen LogP contribution in [0.25, 0.3) is 0 Å². The van der Waals surface area contributed by atoms with Crippen LogP contribution in [-0.2, 0) is 14.4 Å². The van der Waals surface area contributed by atoms with Crippen LogP contribution in [0.5, 0.6) is 0 Å².